The van der Waals surface area contributed by atoms with Crippen LogP contribution in [0.25, 0.3) is 0 Å². The fourth-order valence-corrected chi connectivity index (χ4v) is 5.17. The standard InChI is InChI=1S/C26H21FN2O4/c1-33-25(32)26(16-10-4-2-5-11-16)21-20(22(28-26)18-14-8-9-15-19(18)27)23(30)29(24(21)31)17-12-6-3-7-13-17/h2-15,20-22,28H,1H3/t20-,21-,22-,26-/m0/s1. The van der Waals surface area contributed by atoms with Gasteiger partial charge in [-0.05, 0) is 23.8 Å². The van der Waals surface area contributed by atoms with Gasteiger partial charge in [-0.3, -0.25) is 14.9 Å². The molecule has 0 spiro atoms. The highest BCUT2D eigenvalue weighted by Crippen LogP contribution is 2.54. The zero-order valence-corrected chi connectivity index (χ0v) is 17.8. The van der Waals surface area contributed by atoms with Crippen molar-refractivity contribution < 1.29 is 23.5 Å². The Morgan fingerprint density at radius 3 is 2.15 bits per heavy atom. The van der Waals surface area contributed by atoms with Crippen LogP contribution in [0.4, 0.5) is 10.1 Å². The van der Waals surface area contributed by atoms with Gasteiger partial charge in [0, 0.05) is 11.6 Å². The fraction of sp³-hybridized carbons (Fsp3) is 0.192. The van der Waals surface area contributed by atoms with Crippen LogP contribution in [-0.2, 0) is 24.7 Å². The van der Waals surface area contributed by atoms with Crippen molar-refractivity contribution in [3.05, 3.63) is 102 Å². The number of methoxy groups -OCH3 is 1. The van der Waals surface area contributed by atoms with E-state index in [0.717, 1.165) is 4.90 Å². The van der Waals surface area contributed by atoms with Crippen LogP contribution in [0.15, 0.2) is 84.9 Å². The molecular formula is C26H21FN2O4. The molecule has 6 nitrogen and oxygen atoms in total. The second-order valence-electron chi connectivity index (χ2n) is 8.16. The number of carbonyl (C=O) groups excluding carboxylic acids is 3. The third-order valence-corrected chi connectivity index (χ3v) is 6.55. The van der Waals surface area contributed by atoms with Crippen molar-refractivity contribution in [1.82, 2.24) is 5.32 Å². The molecule has 2 amide bonds. The SMILES string of the molecule is COC(=O)[C@@]1(c2ccccc2)N[C@@H](c2ccccc2F)[C@H]2C(=O)N(c3ccccc3)C(=O)[C@H]21. The van der Waals surface area contributed by atoms with E-state index in [9.17, 15) is 18.8 Å². The lowest BCUT2D eigenvalue weighted by atomic mass is 9.75. The smallest absolute Gasteiger partial charge is 0.331 e. The van der Waals surface area contributed by atoms with Crippen LogP contribution in [0.3, 0.4) is 0 Å². The van der Waals surface area contributed by atoms with E-state index >= 15 is 0 Å². The molecule has 33 heavy (non-hydrogen) atoms. The molecule has 0 unspecified atom stereocenters. The topological polar surface area (TPSA) is 75.7 Å². The number of esters is 1. The number of nitrogens with one attached hydrogen (secondary N) is 1. The van der Waals surface area contributed by atoms with Crippen molar-refractivity contribution in [1.29, 1.82) is 0 Å². The minimum absolute atomic E-state index is 0.213. The van der Waals surface area contributed by atoms with Gasteiger partial charge in [-0.2, -0.15) is 0 Å². The van der Waals surface area contributed by atoms with Crippen LogP contribution in [0, 0.1) is 17.7 Å². The Hall–Kier alpha value is -3.84. The minimum atomic E-state index is -1.66. The Kier molecular flexibility index (Phi) is 5.06. The van der Waals surface area contributed by atoms with Gasteiger partial charge < -0.3 is 4.74 Å². The van der Waals surface area contributed by atoms with Crippen LogP contribution in [0.1, 0.15) is 17.2 Å². The summed E-state index contributed by atoms with van der Waals surface area (Å²) in [6.45, 7) is 0. The number of fused-ring (bicyclic) bond motifs is 1. The lowest BCUT2D eigenvalue weighted by molar-refractivity contribution is -0.152. The predicted molar refractivity (Wildman–Crippen MR) is 118 cm³/mol. The van der Waals surface area contributed by atoms with Crippen molar-refractivity contribution in [2.45, 2.75) is 11.6 Å². The van der Waals surface area contributed by atoms with Gasteiger partial charge >= 0.3 is 5.97 Å². The number of benzene rings is 3. The van der Waals surface area contributed by atoms with E-state index in [1.807, 2.05) is 0 Å². The molecule has 3 aromatic rings. The lowest BCUT2D eigenvalue weighted by Gasteiger charge is -2.33. The molecule has 0 saturated carbocycles. The maximum absolute atomic E-state index is 14.9. The Balaban J connectivity index is 1.75. The average Bonchev–Trinajstić information content (AvgIpc) is 3.34. The monoisotopic (exact) mass is 444 g/mol. The summed E-state index contributed by atoms with van der Waals surface area (Å²) in [5.41, 5.74) is -0.572. The second-order valence-corrected chi connectivity index (χ2v) is 8.16. The maximum Gasteiger partial charge on any atom is 0.331 e. The zero-order valence-electron chi connectivity index (χ0n) is 17.8. The number of nitrogens with zero attached hydrogens (tertiary/aromatic N) is 1. The molecule has 166 valence electrons. The van der Waals surface area contributed by atoms with E-state index in [-0.39, 0.29) is 5.56 Å². The summed E-state index contributed by atoms with van der Waals surface area (Å²) in [5, 5.41) is 3.18. The largest absolute Gasteiger partial charge is 0.467 e. The molecule has 0 radical (unpaired) electrons. The van der Waals surface area contributed by atoms with Crippen molar-refractivity contribution in [2.24, 2.45) is 11.8 Å². The van der Waals surface area contributed by atoms with Gasteiger partial charge in [-0.25, -0.2) is 14.1 Å². The number of rotatable bonds is 4. The highest BCUT2D eigenvalue weighted by Gasteiger charge is 2.69. The molecule has 2 aliphatic rings. The number of amides is 2. The van der Waals surface area contributed by atoms with Crippen LogP contribution < -0.4 is 10.2 Å². The molecule has 3 aromatic carbocycles. The molecule has 2 aliphatic heterocycles. The van der Waals surface area contributed by atoms with E-state index in [1.54, 1.807) is 78.9 Å². The highest BCUT2D eigenvalue weighted by atomic mass is 19.1. The molecule has 4 atom stereocenters. The first-order valence-electron chi connectivity index (χ1n) is 10.6. The van der Waals surface area contributed by atoms with E-state index in [2.05, 4.69) is 5.32 Å². The number of hydrogen-bond donors (Lipinski definition) is 1. The van der Waals surface area contributed by atoms with Gasteiger partial charge in [-0.1, -0.05) is 66.7 Å². The van der Waals surface area contributed by atoms with Crippen molar-refractivity contribution in [3.8, 4) is 0 Å². The number of halogens is 1. The molecule has 7 heteroatoms. The average molecular weight is 444 g/mol. The highest BCUT2D eigenvalue weighted by molar-refractivity contribution is 6.24. The van der Waals surface area contributed by atoms with Crippen LogP contribution in [0.5, 0.6) is 0 Å². The van der Waals surface area contributed by atoms with Gasteiger partial charge in [0.1, 0.15) is 5.82 Å². The summed E-state index contributed by atoms with van der Waals surface area (Å²) in [6, 6.07) is 22.4. The number of ether oxygens (including phenoxy) is 1. The summed E-state index contributed by atoms with van der Waals surface area (Å²) in [7, 11) is 1.23. The second kappa shape index (κ2) is 7.94. The van der Waals surface area contributed by atoms with E-state index in [4.69, 9.17) is 4.74 Å². The molecule has 2 saturated heterocycles. The number of carbonyl (C=O) groups is 3. The predicted octanol–water partition coefficient (Wildman–Crippen LogP) is 3.34. The summed E-state index contributed by atoms with van der Waals surface area (Å²) in [5.74, 6) is -4.38. The van der Waals surface area contributed by atoms with Gasteiger partial charge in [0.2, 0.25) is 11.8 Å². The molecule has 2 fully saturated rings. The lowest BCUT2D eigenvalue weighted by Crippen LogP contribution is -2.53. The van der Waals surface area contributed by atoms with Gasteiger partial charge in [0.05, 0.1) is 24.6 Å². The van der Waals surface area contributed by atoms with E-state index in [0.29, 0.717) is 11.3 Å². The van der Waals surface area contributed by atoms with Gasteiger partial charge in [0.15, 0.2) is 5.54 Å². The number of hydrogen-bond acceptors (Lipinski definition) is 5. The van der Waals surface area contributed by atoms with Crippen LogP contribution in [-0.4, -0.2) is 24.9 Å². The van der Waals surface area contributed by atoms with E-state index < -0.39 is 47.0 Å². The summed E-state index contributed by atoms with van der Waals surface area (Å²) >= 11 is 0. The van der Waals surface area contributed by atoms with Crippen LogP contribution >= 0.6 is 0 Å². The third-order valence-electron chi connectivity index (χ3n) is 6.55. The molecule has 1 N–H and O–H groups in total. The zero-order chi connectivity index (χ0) is 23.2. The first kappa shape index (κ1) is 21.0. The Labute approximate surface area is 190 Å². The summed E-state index contributed by atoms with van der Waals surface area (Å²) < 4.78 is 20.1. The third kappa shape index (κ3) is 3.00. The van der Waals surface area contributed by atoms with Crippen molar-refractivity contribution >= 4 is 23.5 Å². The van der Waals surface area contributed by atoms with Crippen molar-refractivity contribution in [2.75, 3.05) is 12.0 Å². The molecule has 2 heterocycles. The molecule has 0 aromatic heterocycles. The van der Waals surface area contributed by atoms with Gasteiger partial charge in [0.25, 0.3) is 0 Å². The molecule has 5 rings (SSSR count). The summed E-state index contributed by atoms with van der Waals surface area (Å²) in [6.07, 6.45) is 0. The fourth-order valence-electron chi connectivity index (χ4n) is 5.17. The van der Waals surface area contributed by atoms with Crippen molar-refractivity contribution in [3.63, 3.8) is 0 Å². The van der Waals surface area contributed by atoms with Gasteiger partial charge in [-0.15, -0.1) is 0 Å². The number of imide groups is 1. The van der Waals surface area contributed by atoms with Crippen LogP contribution in [0.2, 0.25) is 0 Å². The Bertz CT molecular complexity index is 1230. The normalized spacial score (nSPS) is 26.4. The maximum atomic E-state index is 14.9. The Morgan fingerprint density at radius 2 is 1.52 bits per heavy atom. The minimum Gasteiger partial charge on any atom is -0.467 e. The number of anilines is 1. The Morgan fingerprint density at radius 1 is 0.909 bits per heavy atom. The molecular weight excluding hydrogens is 423 g/mol. The first-order valence-corrected chi connectivity index (χ1v) is 10.6. The van der Waals surface area contributed by atoms with E-state index in [1.165, 1.54) is 13.2 Å². The first-order chi connectivity index (χ1) is 16.0. The molecule has 0 aliphatic carbocycles. The quantitative estimate of drug-likeness (QED) is 0.494. The number of para-hydroxylation sites is 1. The molecule has 0 bridgehead atoms. The summed E-state index contributed by atoms with van der Waals surface area (Å²) in [4.78, 5) is 42.0.